The molecule has 0 saturated carbocycles. The van der Waals surface area contributed by atoms with Gasteiger partial charge in [-0.1, -0.05) is 0 Å². The zero-order valence-electron chi connectivity index (χ0n) is 14.9. The quantitative estimate of drug-likeness (QED) is 0.536. The standard InChI is InChI=1S/C15H21BrN6O3/c1-6-20-7-12(16)13(18-20)8-19(5)15(23)11(4)21-10(3)14(22(24)25)9(2)17-21/h7,11H,6,8H2,1-5H3. The monoisotopic (exact) mass is 412 g/mol. The predicted octanol–water partition coefficient (Wildman–Crippen LogP) is 2.61. The maximum atomic E-state index is 12.7. The van der Waals surface area contributed by atoms with Crippen LogP contribution in [0, 0.1) is 24.0 Å². The molecule has 0 bridgehead atoms. The second kappa shape index (κ2) is 7.34. The van der Waals surface area contributed by atoms with E-state index in [2.05, 4.69) is 26.1 Å². The van der Waals surface area contributed by atoms with Gasteiger partial charge in [0.1, 0.15) is 17.4 Å². The molecule has 9 nitrogen and oxygen atoms in total. The summed E-state index contributed by atoms with van der Waals surface area (Å²) in [6, 6.07) is -0.649. The molecular formula is C15H21BrN6O3. The third kappa shape index (κ3) is 3.73. The van der Waals surface area contributed by atoms with Gasteiger partial charge in [0.25, 0.3) is 0 Å². The van der Waals surface area contributed by atoms with Gasteiger partial charge in [-0.2, -0.15) is 10.2 Å². The van der Waals surface area contributed by atoms with E-state index in [4.69, 9.17) is 0 Å². The molecule has 0 aliphatic heterocycles. The molecule has 0 aliphatic rings. The van der Waals surface area contributed by atoms with Crippen molar-refractivity contribution in [2.24, 2.45) is 0 Å². The molecule has 2 aromatic rings. The number of hydrogen-bond donors (Lipinski definition) is 0. The highest BCUT2D eigenvalue weighted by Gasteiger charge is 2.28. The summed E-state index contributed by atoms with van der Waals surface area (Å²) in [5, 5.41) is 19.7. The van der Waals surface area contributed by atoms with Crippen LogP contribution in [0.15, 0.2) is 10.7 Å². The Morgan fingerprint density at radius 3 is 2.56 bits per heavy atom. The van der Waals surface area contributed by atoms with Crippen LogP contribution in [-0.2, 0) is 17.9 Å². The molecule has 0 radical (unpaired) electrons. The molecule has 0 aromatic carbocycles. The zero-order valence-corrected chi connectivity index (χ0v) is 16.4. The number of aromatic nitrogens is 4. The summed E-state index contributed by atoms with van der Waals surface area (Å²) in [6.07, 6.45) is 1.86. The highest BCUT2D eigenvalue weighted by molar-refractivity contribution is 9.10. The molecule has 1 unspecified atom stereocenters. The SMILES string of the molecule is CCn1cc(Br)c(CN(C)C(=O)C(C)n2nc(C)c([N+](=O)[O-])c2C)n1. The Labute approximate surface area is 153 Å². The van der Waals surface area contributed by atoms with Gasteiger partial charge in [-0.25, -0.2) is 0 Å². The smallest absolute Gasteiger partial charge is 0.312 e. The largest absolute Gasteiger partial charge is 0.338 e. The highest BCUT2D eigenvalue weighted by atomic mass is 79.9. The molecule has 0 N–H and O–H groups in total. The summed E-state index contributed by atoms with van der Waals surface area (Å²) in [7, 11) is 1.68. The minimum atomic E-state index is -0.649. The molecule has 1 amide bonds. The van der Waals surface area contributed by atoms with Crippen molar-refractivity contribution in [3.63, 3.8) is 0 Å². The first-order valence-electron chi connectivity index (χ1n) is 7.84. The fourth-order valence-corrected chi connectivity index (χ4v) is 3.17. The maximum Gasteiger partial charge on any atom is 0.312 e. The molecule has 2 aromatic heterocycles. The average Bonchev–Trinajstić information content (AvgIpc) is 3.05. The number of likely N-dealkylation sites (N-methyl/N-ethyl adjacent to an activating group) is 1. The summed E-state index contributed by atoms with van der Waals surface area (Å²) < 4.78 is 4.03. The van der Waals surface area contributed by atoms with Crippen molar-refractivity contribution in [2.75, 3.05) is 7.05 Å². The molecular weight excluding hydrogens is 392 g/mol. The molecule has 2 heterocycles. The number of amides is 1. The molecule has 0 fully saturated rings. The summed E-state index contributed by atoms with van der Waals surface area (Å²) in [5.74, 6) is -0.196. The van der Waals surface area contributed by atoms with Crippen LogP contribution in [0.25, 0.3) is 0 Å². The minimum Gasteiger partial charge on any atom is -0.338 e. The minimum absolute atomic E-state index is 0.0493. The molecule has 136 valence electrons. The van der Waals surface area contributed by atoms with Gasteiger partial charge in [0.05, 0.1) is 21.6 Å². The van der Waals surface area contributed by atoms with Crippen molar-refractivity contribution in [1.29, 1.82) is 0 Å². The number of rotatable bonds is 6. The first-order chi connectivity index (χ1) is 11.7. The van der Waals surface area contributed by atoms with Gasteiger partial charge in [-0.15, -0.1) is 0 Å². The first-order valence-corrected chi connectivity index (χ1v) is 8.63. The summed E-state index contributed by atoms with van der Waals surface area (Å²) in [5.41, 5.74) is 1.37. The Kier molecular flexibility index (Phi) is 5.61. The van der Waals surface area contributed by atoms with Crippen molar-refractivity contribution in [3.8, 4) is 0 Å². The van der Waals surface area contributed by atoms with E-state index in [1.54, 1.807) is 37.4 Å². The van der Waals surface area contributed by atoms with Crippen LogP contribution in [0.5, 0.6) is 0 Å². The zero-order chi connectivity index (χ0) is 18.9. The molecule has 2 rings (SSSR count). The van der Waals surface area contributed by atoms with E-state index in [1.165, 1.54) is 4.68 Å². The molecule has 0 saturated heterocycles. The molecule has 1 atom stereocenters. The Balaban J connectivity index is 2.20. The van der Waals surface area contributed by atoms with E-state index >= 15 is 0 Å². The summed E-state index contributed by atoms with van der Waals surface area (Å²) >= 11 is 3.44. The summed E-state index contributed by atoms with van der Waals surface area (Å²) in [6.45, 7) is 7.90. The van der Waals surface area contributed by atoms with Crippen LogP contribution >= 0.6 is 15.9 Å². The van der Waals surface area contributed by atoms with Crippen LogP contribution in [0.2, 0.25) is 0 Å². The number of halogens is 1. The van der Waals surface area contributed by atoms with Crippen LogP contribution in [-0.4, -0.2) is 42.3 Å². The van der Waals surface area contributed by atoms with Gasteiger partial charge in [-0.3, -0.25) is 24.3 Å². The molecule has 25 heavy (non-hydrogen) atoms. The van der Waals surface area contributed by atoms with Crippen molar-refractivity contribution < 1.29 is 9.72 Å². The molecule has 0 spiro atoms. The normalized spacial score (nSPS) is 12.2. The number of hydrogen-bond acceptors (Lipinski definition) is 5. The van der Waals surface area contributed by atoms with Gasteiger partial charge in [0, 0.05) is 19.8 Å². The van der Waals surface area contributed by atoms with E-state index in [0.29, 0.717) is 17.9 Å². The van der Waals surface area contributed by atoms with E-state index in [-0.39, 0.29) is 11.6 Å². The van der Waals surface area contributed by atoms with Gasteiger partial charge >= 0.3 is 5.69 Å². The second-order valence-corrected chi connectivity index (χ2v) is 6.73. The fraction of sp³-hybridized carbons (Fsp3) is 0.533. The topological polar surface area (TPSA) is 99.1 Å². The van der Waals surface area contributed by atoms with Crippen molar-refractivity contribution in [3.05, 3.63) is 37.9 Å². The third-order valence-electron chi connectivity index (χ3n) is 4.07. The van der Waals surface area contributed by atoms with E-state index in [0.717, 1.165) is 16.7 Å². The second-order valence-electron chi connectivity index (χ2n) is 5.87. The number of carbonyl (C=O) groups is 1. The molecule has 10 heteroatoms. The predicted molar refractivity (Wildman–Crippen MR) is 95.1 cm³/mol. The Hall–Kier alpha value is -2.23. The average molecular weight is 413 g/mol. The van der Waals surface area contributed by atoms with E-state index < -0.39 is 11.0 Å². The number of nitro groups is 1. The third-order valence-corrected chi connectivity index (χ3v) is 4.73. The lowest BCUT2D eigenvalue weighted by Crippen LogP contribution is -2.33. The Bertz CT molecular complexity index is 813. The van der Waals surface area contributed by atoms with Crippen LogP contribution in [0.4, 0.5) is 5.69 Å². The van der Waals surface area contributed by atoms with Crippen molar-refractivity contribution in [1.82, 2.24) is 24.5 Å². The van der Waals surface area contributed by atoms with Gasteiger partial charge in [0.15, 0.2) is 0 Å². The van der Waals surface area contributed by atoms with Gasteiger partial charge in [-0.05, 0) is 43.6 Å². The Morgan fingerprint density at radius 1 is 1.44 bits per heavy atom. The fourth-order valence-electron chi connectivity index (χ4n) is 2.73. The Morgan fingerprint density at radius 2 is 2.08 bits per heavy atom. The summed E-state index contributed by atoms with van der Waals surface area (Å²) in [4.78, 5) is 24.9. The van der Waals surface area contributed by atoms with Crippen LogP contribution in [0.1, 0.15) is 37.0 Å². The van der Waals surface area contributed by atoms with Crippen molar-refractivity contribution in [2.45, 2.75) is 46.8 Å². The van der Waals surface area contributed by atoms with Gasteiger partial charge < -0.3 is 4.90 Å². The van der Waals surface area contributed by atoms with E-state index in [9.17, 15) is 14.9 Å². The number of aryl methyl sites for hydroxylation is 2. The van der Waals surface area contributed by atoms with Crippen molar-refractivity contribution >= 4 is 27.5 Å². The maximum absolute atomic E-state index is 12.7. The number of nitrogens with zero attached hydrogens (tertiary/aromatic N) is 6. The lowest BCUT2D eigenvalue weighted by molar-refractivity contribution is -0.386. The lowest BCUT2D eigenvalue weighted by atomic mass is 10.2. The lowest BCUT2D eigenvalue weighted by Gasteiger charge is -2.21. The first kappa shape index (κ1) is 19.1. The number of carbonyl (C=O) groups excluding carboxylic acids is 1. The van der Waals surface area contributed by atoms with E-state index in [1.807, 2.05) is 13.1 Å². The van der Waals surface area contributed by atoms with Crippen LogP contribution in [0.3, 0.4) is 0 Å². The van der Waals surface area contributed by atoms with Gasteiger partial charge in [0.2, 0.25) is 5.91 Å². The van der Waals surface area contributed by atoms with Crippen LogP contribution < -0.4 is 0 Å². The highest BCUT2D eigenvalue weighted by Crippen LogP contribution is 2.25. The molecule has 0 aliphatic carbocycles.